The Morgan fingerprint density at radius 1 is 0.941 bits per heavy atom. The topological polar surface area (TPSA) is 78.7 Å². The number of hydrogen-bond donors (Lipinski definition) is 2. The first kappa shape index (κ1) is 25.4. The van der Waals surface area contributed by atoms with Crippen molar-refractivity contribution in [3.05, 3.63) is 82.0 Å². The van der Waals surface area contributed by atoms with Crippen LogP contribution in [0.25, 0.3) is 0 Å². The van der Waals surface area contributed by atoms with E-state index in [1.165, 1.54) is 31.2 Å². The molecule has 2 aromatic carbocycles. The monoisotopic (exact) mass is 496 g/mol. The minimum absolute atomic E-state index is 0.0394. The Kier molecular flexibility index (Phi) is 7.15. The van der Waals surface area contributed by atoms with Gasteiger partial charge in [0.2, 0.25) is 0 Å². The number of hydrogen-bond acceptors (Lipinski definition) is 4. The Balaban J connectivity index is 1.88. The maximum Gasteiger partial charge on any atom is 0.416 e. The molecule has 3 aromatic rings. The second-order valence-corrected chi connectivity index (χ2v) is 9.19. The van der Waals surface area contributed by atoms with Gasteiger partial charge in [-0.2, -0.15) is 27.1 Å². The molecule has 11 heteroatoms. The molecule has 0 saturated heterocycles. The summed E-state index contributed by atoms with van der Waals surface area (Å²) in [5, 5.41) is 9.59. The van der Waals surface area contributed by atoms with Gasteiger partial charge in [0, 0.05) is 10.5 Å². The number of carbonyl (C=O) groups is 1. The van der Waals surface area contributed by atoms with Gasteiger partial charge >= 0.3 is 6.18 Å². The predicted octanol–water partition coefficient (Wildman–Crippen LogP) is 5.74. The highest BCUT2D eigenvalue weighted by molar-refractivity contribution is 7.86. The average molecular weight is 497 g/mol. The third-order valence-corrected chi connectivity index (χ3v) is 6.53. The number of aromatic nitrogens is 2. The summed E-state index contributed by atoms with van der Waals surface area (Å²) in [7, 11) is -1.82. The molecule has 0 unspecified atom stereocenters. The smallest absolute Gasteiger partial charge is 0.346 e. The van der Waals surface area contributed by atoms with E-state index in [2.05, 4.69) is 15.5 Å². The van der Waals surface area contributed by atoms with Gasteiger partial charge in [-0.3, -0.25) is 9.57 Å². The molecular weight excluding hydrogens is 475 g/mol. The molecule has 3 rings (SSSR count). The summed E-state index contributed by atoms with van der Waals surface area (Å²) in [5.74, 6) is -4.29. The quantitative estimate of drug-likeness (QED) is 0.427. The van der Waals surface area contributed by atoms with Crippen LogP contribution in [0.2, 0.25) is 0 Å². The molecule has 0 fully saturated rings. The van der Waals surface area contributed by atoms with Crippen molar-refractivity contribution in [3.8, 4) is 0 Å². The number of halogens is 5. The molecule has 1 atom stereocenters. The zero-order valence-electron chi connectivity index (χ0n) is 18.4. The van der Waals surface area contributed by atoms with Crippen molar-refractivity contribution in [2.45, 2.75) is 42.8 Å². The molecule has 1 amide bonds. The highest BCUT2D eigenvalue weighted by Gasteiger charge is 2.33. The first-order chi connectivity index (χ1) is 15.8. The van der Waals surface area contributed by atoms with Gasteiger partial charge in [-0.05, 0) is 72.9 Å². The van der Waals surface area contributed by atoms with E-state index in [1.807, 2.05) is 0 Å². The van der Waals surface area contributed by atoms with Crippen molar-refractivity contribution in [1.82, 2.24) is 15.5 Å². The van der Waals surface area contributed by atoms with Crippen LogP contribution in [-0.4, -0.2) is 22.6 Å². The molecule has 2 N–H and O–H groups in total. The SMILES string of the molecule is Cc1cc(C(=O)NCC(F)(F)c2ccc(C)c(C)c2)c([S@](=N)c2cccc(C(F)(F)F)c2)nn1. The van der Waals surface area contributed by atoms with Crippen LogP contribution in [0.4, 0.5) is 22.0 Å². The normalized spacial score (nSPS) is 12.9. The van der Waals surface area contributed by atoms with Crippen LogP contribution >= 0.6 is 0 Å². The van der Waals surface area contributed by atoms with Crippen LogP contribution in [-0.2, 0) is 22.8 Å². The molecule has 1 aromatic heterocycles. The minimum atomic E-state index is -4.61. The Labute approximate surface area is 195 Å². The van der Waals surface area contributed by atoms with Crippen molar-refractivity contribution in [1.29, 1.82) is 4.78 Å². The fraction of sp³-hybridized carbons (Fsp3) is 0.261. The first-order valence-electron chi connectivity index (χ1n) is 10.0. The highest BCUT2D eigenvalue weighted by Crippen LogP contribution is 2.32. The number of aryl methyl sites for hydroxylation is 3. The number of carbonyl (C=O) groups excluding carboxylic acids is 1. The van der Waals surface area contributed by atoms with E-state index in [1.54, 1.807) is 19.9 Å². The van der Waals surface area contributed by atoms with E-state index in [-0.39, 0.29) is 26.7 Å². The maximum atomic E-state index is 14.7. The second-order valence-electron chi connectivity index (χ2n) is 7.72. The fourth-order valence-electron chi connectivity index (χ4n) is 3.06. The largest absolute Gasteiger partial charge is 0.416 e. The predicted molar refractivity (Wildman–Crippen MR) is 117 cm³/mol. The third kappa shape index (κ3) is 5.64. The maximum absolute atomic E-state index is 14.7. The number of benzene rings is 2. The molecule has 180 valence electrons. The van der Waals surface area contributed by atoms with E-state index in [4.69, 9.17) is 4.78 Å². The molecule has 0 aliphatic rings. The Hall–Kier alpha value is -3.21. The van der Waals surface area contributed by atoms with Gasteiger partial charge in [-0.1, -0.05) is 18.2 Å². The van der Waals surface area contributed by atoms with Gasteiger partial charge in [0.05, 0.1) is 23.4 Å². The van der Waals surface area contributed by atoms with Crippen molar-refractivity contribution in [2.75, 3.05) is 6.54 Å². The van der Waals surface area contributed by atoms with Crippen LogP contribution in [0.3, 0.4) is 0 Å². The minimum Gasteiger partial charge on any atom is -0.346 e. The van der Waals surface area contributed by atoms with Gasteiger partial charge in [0.1, 0.15) is 5.03 Å². The summed E-state index contributed by atoms with van der Waals surface area (Å²) in [4.78, 5) is 12.8. The van der Waals surface area contributed by atoms with E-state index < -0.39 is 40.8 Å². The van der Waals surface area contributed by atoms with Crippen LogP contribution in [0.15, 0.2) is 58.5 Å². The lowest BCUT2D eigenvalue weighted by atomic mass is 10.0. The molecule has 0 saturated carbocycles. The molecule has 0 aliphatic carbocycles. The lowest BCUT2D eigenvalue weighted by Gasteiger charge is -2.19. The van der Waals surface area contributed by atoms with Gasteiger partial charge in [-0.15, -0.1) is 5.10 Å². The molecule has 0 aliphatic heterocycles. The lowest BCUT2D eigenvalue weighted by Crippen LogP contribution is -2.35. The Morgan fingerprint density at radius 3 is 2.29 bits per heavy atom. The molecule has 1 heterocycles. The van der Waals surface area contributed by atoms with Crippen molar-refractivity contribution < 1.29 is 26.7 Å². The van der Waals surface area contributed by atoms with Crippen LogP contribution in [0, 0.1) is 25.6 Å². The van der Waals surface area contributed by atoms with Gasteiger partial charge in [-0.25, -0.2) is 0 Å². The first-order valence-corrected chi connectivity index (χ1v) is 11.2. The number of nitrogens with zero attached hydrogens (tertiary/aromatic N) is 2. The number of nitrogens with one attached hydrogen (secondary N) is 2. The standard InChI is InChI=1S/C23H21F5N4OS/c1-13-7-8-16(9-14(13)2)22(24,25)12-30-20(33)19-10-15(3)31-32-21(19)34(29)18-6-4-5-17(11-18)23(26,27)28/h4-11,29H,12H2,1-3H3,(H,30,33)/t34-/m1/s1. The highest BCUT2D eigenvalue weighted by atomic mass is 32.2. The van der Waals surface area contributed by atoms with Gasteiger partial charge < -0.3 is 5.32 Å². The molecule has 0 spiro atoms. The zero-order chi connectivity index (χ0) is 25.3. The lowest BCUT2D eigenvalue weighted by molar-refractivity contribution is -0.137. The van der Waals surface area contributed by atoms with Gasteiger partial charge in [0.15, 0.2) is 0 Å². The molecule has 0 radical (unpaired) electrons. The summed E-state index contributed by atoms with van der Waals surface area (Å²) in [6, 6.07) is 9.59. The number of alkyl halides is 5. The summed E-state index contributed by atoms with van der Waals surface area (Å²) in [6.45, 7) is 4.00. The number of amides is 1. The van der Waals surface area contributed by atoms with Crippen LogP contribution in [0.5, 0.6) is 0 Å². The van der Waals surface area contributed by atoms with E-state index in [9.17, 15) is 26.7 Å². The van der Waals surface area contributed by atoms with Crippen LogP contribution < -0.4 is 5.32 Å². The molecular formula is C23H21F5N4OS. The summed E-state index contributed by atoms with van der Waals surface area (Å²) >= 11 is 0. The van der Waals surface area contributed by atoms with E-state index in [0.29, 0.717) is 5.56 Å². The van der Waals surface area contributed by atoms with Crippen LogP contribution in [0.1, 0.15) is 38.3 Å². The second kappa shape index (κ2) is 9.57. The van der Waals surface area contributed by atoms with Gasteiger partial charge in [0.25, 0.3) is 11.8 Å². The fourth-order valence-corrected chi connectivity index (χ4v) is 4.24. The van der Waals surface area contributed by atoms with Crippen molar-refractivity contribution in [3.63, 3.8) is 0 Å². The Morgan fingerprint density at radius 2 is 1.65 bits per heavy atom. The zero-order valence-corrected chi connectivity index (χ0v) is 19.2. The third-order valence-electron chi connectivity index (χ3n) is 5.12. The van der Waals surface area contributed by atoms with E-state index in [0.717, 1.165) is 23.8 Å². The van der Waals surface area contributed by atoms with E-state index >= 15 is 0 Å². The number of rotatable bonds is 6. The van der Waals surface area contributed by atoms with Crippen molar-refractivity contribution in [2.24, 2.45) is 0 Å². The average Bonchev–Trinajstić information content (AvgIpc) is 2.78. The Bertz CT molecular complexity index is 1260. The summed E-state index contributed by atoms with van der Waals surface area (Å²) in [6.07, 6.45) is -4.61. The van der Waals surface area contributed by atoms with Crippen molar-refractivity contribution >= 4 is 16.6 Å². The summed E-state index contributed by atoms with van der Waals surface area (Å²) < 4.78 is 77.1. The summed E-state index contributed by atoms with van der Waals surface area (Å²) in [5.41, 5.74) is 0.413. The molecule has 5 nitrogen and oxygen atoms in total. The molecule has 34 heavy (non-hydrogen) atoms. The molecule has 0 bridgehead atoms.